The molecule has 0 saturated heterocycles. The van der Waals surface area contributed by atoms with Gasteiger partial charge in [-0.15, -0.1) is 0 Å². The number of alkyl halides is 3. The maximum atomic E-state index is 13.6. The summed E-state index contributed by atoms with van der Waals surface area (Å²) in [6.07, 6.45) is -4.54. The predicted octanol–water partition coefficient (Wildman–Crippen LogP) is 4.53. The second-order valence-corrected chi connectivity index (χ2v) is 4.21. The van der Waals surface area contributed by atoms with E-state index < -0.39 is 23.3 Å². The smallest absolute Gasteiger partial charge is 0.416 e. The van der Waals surface area contributed by atoms with Crippen molar-refractivity contribution >= 4 is 0 Å². The van der Waals surface area contributed by atoms with Crippen LogP contribution in [0.1, 0.15) is 11.1 Å². The summed E-state index contributed by atoms with van der Waals surface area (Å²) in [5, 5.41) is 9.66. The van der Waals surface area contributed by atoms with Crippen molar-refractivity contribution in [3.8, 4) is 16.9 Å². The molecule has 0 aliphatic heterocycles. The van der Waals surface area contributed by atoms with Gasteiger partial charge in [0.1, 0.15) is 11.6 Å². The Balaban J connectivity index is 2.55. The van der Waals surface area contributed by atoms with Gasteiger partial charge >= 0.3 is 6.18 Å². The third-order valence-electron chi connectivity index (χ3n) is 2.74. The minimum Gasteiger partial charge on any atom is -0.507 e. The summed E-state index contributed by atoms with van der Waals surface area (Å²) in [6.45, 7) is 1.73. The summed E-state index contributed by atoms with van der Waals surface area (Å²) in [6, 6.07) is 6.70. The van der Waals surface area contributed by atoms with Crippen molar-refractivity contribution in [3.05, 3.63) is 53.3 Å². The van der Waals surface area contributed by atoms with E-state index in [4.69, 9.17) is 0 Å². The highest BCUT2D eigenvalue weighted by Gasteiger charge is 2.31. The summed E-state index contributed by atoms with van der Waals surface area (Å²) >= 11 is 0. The lowest BCUT2D eigenvalue weighted by atomic mass is 10.00. The van der Waals surface area contributed by atoms with Crippen molar-refractivity contribution in [2.24, 2.45) is 0 Å². The molecule has 0 aromatic heterocycles. The molecule has 2 aromatic carbocycles. The first-order chi connectivity index (χ1) is 8.79. The van der Waals surface area contributed by atoms with Gasteiger partial charge in [-0.2, -0.15) is 13.2 Å². The minimum atomic E-state index is -4.54. The van der Waals surface area contributed by atoms with Gasteiger partial charge in [0.05, 0.1) is 5.56 Å². The van der Waals surface area contributed by atoms with Crippen LogP contribution in [0.2, 0.25) is 0 Å². The monoisotopic (exact) mass is 270 g/mol. The molecule has 0 radical (unpaired) electrons. The predicted molar refractivity (Wildman–Crippen MR) is 63.2 cm³/mol. The van der Waals surface area contributed by atoms with Gasteiger partial charge in [0.15, 0.2) is 0 Å². The molecule has 0 fully saturated rings. The Bertz CT molecular complexity index is 617. The molecule has 0 unspecified atom stereocenters. The molecule has 100 valence electrons. The van der Waals surface area contributed by atoms with Crippen LogP contribution in [0, 0.1) is 12.7 Å². The summed E-state index contributed by atoms with van der Waals surface area (Å²) in [4.78, 5) is 0. The number of benzene rings is 2. The quantitative estimate of drug-likeness (QED) is 0.755. The molecule has 0 spiro atoms. The third kappa shape index (κ3) is 2.70. The maximum Gasteiger partial charge on any atom is 0.416 e. The van der Waals surface area contributed by atoms with Crippen LogP contribution in [0.15, 0.2) is 36.4 Å². The summed E-state index contributed by atoms with van der Waals surface area (Å²) < 4.78 is 51.0. The Kier molecular flexibility index (Phi) is 3.22. The first-order valence-corrected chi connectivity index (χ1v) is 5.46. The van der Waals surface area contributed by atoms with Crippen molar-refractivity contribution in [2.75, 3.05) is 0 Å². The number of hydrogen-bond acceptors (Lipinski definition) is 1. The van der Waals surface area contributed by atoms with Crippen molar-refractivity contribution in [3.63, 3.8) is 0 Å². The lowest BCUT2D eigenvalue weighted by Gasteiger charge is -2.11. The van der Waals surface area contributed by atoms with E-state index in [0.717, 1.165) is 17.7 Å². The molecule has 19 heavy (non-hydrogen) atoms. The van der Waals surface area contributed by atoms with Gasteiger partial charge < -0.3 is 5.11 Å². The lowest BCUT2D eigenvalue weighted by Crippen LogP contribution is -2.04. The Morgan fingerprint density at radius 1 is 0.947 bits per heavy atom. The molecule has 0 saturated carbocycles. The van der Waals surface area contributed by atoms with Crippen LogP contribution < -0.4 is 0 Å². The molecule has 0 atom stereocenters. The van der Waals surface area contributed by atoms with E-state index in [1.165, 1.54) is 12.1 Å². The van der Waals surface area contributed by atoms with E-state index in [-0.39, 0.29) is 11.1 Å². The van der Waals surface area contributed by atoms with Crippen LogP contribution in [0.25, 0.3) is 11.1 Å². The molecule has 1 nitrogen and oxygen atoms in total. The third-order valence-corrected chi connectivity index (χ3v) is 2.74. The number of rotatable bonds is 1. The normalized spacial score (nSPS) is 11.6. The van der Waals surface area contributed by atoms with Crippen molar-refractivity contribution < 1.29 is 22.7 Å². The zero-order valence-electron chi connectivity index (χ0n) is 9.92. The molecule has 5 heteroatoms. The van der Waals surface area contributed by atoms with E-state index in [9.17, 15) is 22.7 Å². The molecule has 0 aliphatic rings. The van der Waals surface area contributed by atoms with Crippen LogP contribution in [0.4, 0.5) is 17.6 Å². The fourth-order valence-electron chi connectivity index (χ4n) is 1.78. The Labute approximate surface area is 107 Å². The van der Waals surface area contributed by atoms with Crippen LogP contribution in [-0.4, -0.2) is 5.11 Å². The number of phenols is 1. The number of aryl methyl sites for hydroxylation is 1. The van der Waals surface area contributed by atoms with Crippen LogP contribution in [0.3, 0.4) is 0 Å². The second-order valence-electron chi connectivity index (χ2n) is 4.21. The number of hydrogen-bond donors (Lipinski definition) is 1. The standard InChI is InChI=1S/C14H10F4O/c1-8-2-5-12(15)11(6-8)10-4-3-9(7-13(10)19)14(16,17)18/h2-7,19H,1H3. The second kappa shape index (κ2) is 4.57. The molecule has 0 aliphatic carbocycles. The summed E-state index contributed by atoms with van der Waals surface area (Å²) in [7, 11) is 0. The van der Waals surface area contributed by atoms with Crippen LogP contribution in [0.5, 0.6) is 5.75 Å². The Morgan fingerprint density at radius 2 is 1.63 bits per heavy atom. The lowest BCUT2D eigenvalue weighted by molar-refractivity contribution is -0.137. The first kappa shape index (κ1) is 13.4. The van der Waals surface area contributed by atoms with Gasteiger partial charge in [-0.05, 0) is 37.3 Å². The average molecular weight is 270 g/mol. The van der Waals surface area contributed by atoms with Crippen LogP contribution in [-0.2, 0) is 6.18 Å². The molecule has 1 N–H and O–H groups in total. The number of halogens is 4. The highest BCUT2D eigenvalue weighted by molar-refractivity contribution is 5.71. The fourth-order valence-corrected chi connectivity index (χ4v) is 1.78. The minimum absolute atomic E-state index is 0.0363. The van der Waals surface area contributed by atoms with E-state index in [1.54, 1.807) is 13.0 Å². The van der Waals surface area contributed by atoms with Gasteiger partial charge in [0.2, 0.25) is 0 Å². The molecule has 2 rings (SSSR count). The van der Waals surface area contributed by atoms with E-state index >= 15 is 0 Å². The summed E-state index contributed by atoms with van der Waals surface area (Å²) in [5.41, 5.74) is -0.113. The molecule has 0 heterocycles. The Hall–Kier alpha value is -2.04. The largest absolute Gasteiger partial charge is 0.507 e. The topological polar surface area (TPSA) is 20.2 Å². The molecule has 2 aromatic rings. The van der Waals surface area contributed by atoms with Crippen molar-refractivity contribution in [2.45, 2.75) is 13.1 Å². The Morgan fingerprint density at radius 3 is 2.21 bits per heavy atom. The number of aromatic hydroxyl groups is 1. The van der Waals surface area contributed by atoms with E-state index in [0.29, 0.717) is 6.07 Å². The summed E-state index contributed by atoms with van der Waals surface area (Å²) in [5.74, 6) is -1.19. The number of phenolic OH excluding ortho intramolecular Hbond substituents is 1. The molecule has 0 amide bonds. The first-order valence-electron chi connectivity index (χ1n) is 5.46. The average Bonchev–Trinajstić information content (AvgIpc) is 2.31. The highest BCUT2D eigenvalue weighted by Crippen LogP contribution is 2.37. The van der Waals surface area contributed by atoms with Crippen molar-refractivity contribution in [1.29, 1.82) is 0 Å². The molecular formula is C14H10F4O. The van der Waals surface area contributed by atoms with Gasteiger partial charge in [-0.25, -0.2) is 4.39 Å². The van der Waals surface area contributed by atoms with Crippen molar-refractivity contribution in [1.82, 2.24) is 0 Å². The SMILES string of the molecule is Cc1ccc(F)c(-c2ccc(C(F)(F)F)cc2O)c1. The van der Waals surface area contributed by atoms with E-state index in [1.807, 2.05) is 0 Å². The highest BCUT2D eigenvalue weighted by atomic mass is 19.4. The van der Waals surface area contributed by atoms with Crippen LogP contribution >= 0.6 is 0 Å². The molecular weight excluding hydrogens is 260 g/mol. The zero-order chi connectivity index (χ0) is 14.2. The fraction of sp³-hybridized carbons (Fsp3) is 0.143. The van der Waals surface area contributed by atoms with E-state index in [2.05, 4.69) is 0 Å². The van der Waals surface area contributed by atoms with Gasteiger partial charge in [-0.3, -0.25) is 0 Å². The maximum absolute atomic E-state index is 13.6. The van der Waals surface area contributed by atoms with Gasteiger partial charge in [-0.1, -0.05) is 11.6 Å². The molecule has 0 bridgehead atoms. The van der Waals surface area contributed by atoms with Gasteiger partial charge in [0.25, 0.3) is 0 Å². The van der Waals surface area contributed by atoms with Gasteiger partial charge in [0, 0.05) is 11.1 Å². The zero-order valence-corrected chi connectivity index (χ0v) is 9.92.